The third-order valence-corrected chi connectivity index (χ3v) is 2.34. The van der Waals surface area contributed by atoms with Gasteiger partial charge in [-0.2, -0.15) is 5.10 Å². The monoisotopic (exact) mass is 218 g/mol. The largest absolute Gasteiger partial charge is 0.382 e. The Morgan fingerprint density at radius 3 is 2.44 bits per heavy atom. The van der Waals surface area contributed by atoms with Gasteiger partial charge in [0.05, 0.1) is 4.92 Å². The molecule has 0 spiro atoms. The van der Waals surface area contributed by atoms with Crippen molar-refractivity contribution in [2.24, 2.45) is 0 Å². The molecule has 0 fully saturated rings. The van der Waals surface area contributed by atoms with Gasteiger partial charge in [0.25, 0.3) is 5.69 Å². The molecule has 1 aromatic carbocycles. The fourth-order valence-corrected chi connectivity index (χ4v) is 1.56. The lowest BCUT2D eigenvalue weighted by atomic mass is 10.1. The van der Waals surface area contributed by atoms with Gasteiger partial charge in [-0.05, 0) is 24.6 Å². The zero-order valence-electron chi connectivity index (χ0n) is 8.60. The van der Waals surface area contributed by atoms with Crippen LogP contribution >= 0.6 is 0 Å². The van der Waals surface area contributed by atoms with Crippen molar-refractivity contribution in [1.82, 2.24) is 10.2 Å². The summed E-state index contributed by atoms with van der Waals surface area (Å²) in [5.74, 6) is 0.395. The van der Waals surface area contributed by atoms with Gasteiger partial charge >= 0.3 is 0 Å². The second-order valence-electron chi connectivity index (χ2n) is 3.41. The zero-order valence-corrected chi connectivity index (χ0v) is 8.60. The molecule has 6 nitrogen and oxygen atoms in total. The third-order valence-electron chi connectivity index (χ3n) is 2.34. The van der Waals surface area contributed by atoms with Crippen LogP contribution < -0.4 is 5.73 Å². The molecule has 0 aliphatic rings. The SMILES string of the molecule is Cc1[nH]nc(N)c1-c1ccc([N+](=O)[O-])cc1. The number of aryl methyl sites for hydroxylation is 1. The molecule has 16 heavy (non-hydrogen) atoms. The van der Waals surface area contributed by atoms with E-state index in [0.29, 0.717) is 5.82 Å². The number of benzene rings is 1. The number of nitrogen functional groups attached to an aromatic ring is 1. The summed E-state index contributed by atoms with van der Waals surface area (Å²) in [7, 11) is 0. The van der Waals surface area contributed by atoms with Crippen molar-refractivity contribution >= 4 is 11.5 Å². The summed E-state index contributed by atoms with van der Waals surface area (Å²) < 4.78 is 0. The molecule has 82 valence electrons. The number of aromatic nitrogens is 2. The highest BCUT2D eigenvalue weighted by Gasteiger charge is 2.11. The molecule has 3 N–H and O–H groups in total. The smallest absolute Gasteiger partial charge is 0.269 e. The molecule has 0 saturated carbocycles. The van der Waals surface area contributed by atoms with Crippen molar-refractivity contribution < 1.29 is 4.92 Å². The van der Waals surface area contributed by atoms with E-state index in [1.807, 2.05) is 6.92 Å². The number of anilines is 1. The van der Waals surface area contributed by atoms with Gasteiger partial charge in [0.2, 0.25) is 0 Å². The standard InChI is InChI=1S/C10H10N4O2/c1-6-9(10(11)13-12-6)7-2-4-8(5-3-7)14(15)16/h2-5H,1H3,(H3,11,12,13). The Kier molecular flexibility index (Phi) is 2.32. The maximum absolute atomic E-state index is 10.5. The lowest BCUT2D eigenvalue weighted by Crippen LogP contribution is -1.90. The molecular formula is C10H10N4O2. The Morgan fingerprint density at radius 1 is 1.38 bits per heavy atom. The minimum absolute atomic E-state index is 0.0588. The minimum atomic E-state index is -0.435. The second-order valence-corrected chi connectivity index (χ2v) is 3.41. The normalized spacial score (nSPS) is 10.3. The Morgan fingerprint density at radius 2 is 2.00 bits per heavy atom. The van der Waals surface area contributed by atoms with Gasteiger partial charge < -0.3 is 5.73 Å². The minimum Gasteiger partial charge on any atom is -0.382 e. The average molecular weight is 218 g/mol. The van der Waals surface area contributed by atoms with E-state index in [2.05, 4.69) is 10.2 Å². The quantitative estimate of drug-likeness (QED) is 0.593. The lowest BCUT2D eigenvalue weighted by Gasteiger charge is -2.00. The summed E-state index contributed by atoms with van der Waals surface area (Å²) in [5, 5.41) is 17.1. The number of rotatable bonds is 2. The summed E-state index contributed by atoms with van der Waals surface area (Å²) in [5.41, 5.74) is 8.19. The van der Waals surface area contributed by atoms with Crippen LogP contribution in [0.15, 0.2) is 24.3 Å². The van der Waals surface area contributed by atoms with Gasteiger partial charge in [0.1, 0.15) is 0 Å². The Balaban J connectivity index is 2.46. The third kappa shape index (κ3) is 1.60. The van der Waals surface area contributed by atoms with Gasteiger partial charge in [0, 0.05) is 23.4 Å². The number of aromatic amines is 1. The van der Waals surface area contributed by atoms with Crippen LogP contribution in [0.2, 0.25) is 0 Å². The molecule has 2 rings (SSSR count). The molecule has 1 heterocycles. The molecule has 0 amide bonds. The maximum Gasteiger partial charge on any atom is 0.269 e. The molecule has 0 unspecified atom stereocenters. The highest BCUT2D eigenvalue weighted by atomic mass is 16.6. The number of nitrogens with one attached hydrogen (secondary N) is 1. The molecule has 0 bridgehead atoms. The number of nitro groups is 1. The Bertz CT molecular complexity index is 511. The van der Waals surface area contributed by atoms with Crippen molar-refractivity contribution in [3.05, 3.63) is 40.1 Å². The number of nitro benzene ring substituents is 1. The van der Waals surface area contributed by atoms with Crippen LogP contribution in [-0.2, 0) is 0 Å². The molecule has 0 radical (unpaired) electrons. The fourth-order valence-electron chi connectivity index (χ4n) is 1.56. The van der Waals surface area contributed by atoms with E-state index in [1.54, 1.807) is 12.1 Å². The summed E-state index contributed by atoms with van der Waals surface area (Å²) >= 11 is 0. The average Bonchev–Trinajstić information content (AvgIpc) is 2.59. The predicted molar refractivity (Wildman–Crippen MR) is 59.8 cm³/mol. The van der Waals surface area contributed by atoms with Gasteiger partial charge in [-0.1, -0.05) is 0 Å². The summed E-state index contributed by atoms with van der Waals surface area (Å²) in [4.78, 5) is 10.1. The first-order chi connectivity index (χ1) is 7.59. The Labute approximate surface area is 91.2 Å². The summed E-state index contributed by atoms with van der Waals surface area (Å²) in [6.07, 6.45) is 0. The molecular weight excluding hydrogens is 208 g/mol. The molecule has 0 aliphatic carbocycles. The van der Waals surface area contributed by atoms with Crippen LogP contribution in [-0.4, -0.2) is 15.1 Å². The topological polar surface area (TPSA) is 97.8 Å². The van der Waals surface area contributed by atoms with E-state index in [-0.39, 0.29) is 5.69 Å². The van der Waals surface area contributed by atoms with Crippen molar-refractivity contribution in [2.45, 2.75) is 6.92 Å². The van der Waals surface area contributed by atoms with Crippen molar-refractivity contribution in [2.75, 3.05) is 5.73 Å². The van der Waals surface area contributed by atoms with Crippen LogP contribution in [0.1, 0.15) is 5.69 Å². The van der Waals surface area contributed by atoms with Crippen molar-refractivity contribution in [3.63, 3.8) is 0 Å². The fraction of sp³-hybridized carbons (Fsp3) is 0.100. The number of hydrogen-bond donors (Lipinski definition) is 2. The number of non-ortho nitro benzene ring substituents is 1. The second kappa shape index (κ2) is 3.65. The van der Waals surface area contributed by atoms with Gasteiger partial charge in [-0.15, -0.1) is 0 Å². The molecule has 2 aromatic rings. The predicted octanol–water partition coefficient (Wildman–Crippen LogP) is 1.88. The lowest BCUT2D eigenvalue weighted by molar-refractivity contribution is -0.384. The molecule has 6 heteroatoms. The van der Waals surface area contributed by atoms with E-state index in [1.165, 1.54) is 12.1 Å². The molecule has 0 atom stereocenters. The highest BCUT2D eigenvalue weighted by Crippen LogP contribution is 2.28. The van der Waals surface area contributed by atoms with Crippen LogP contribution in [0.5, 0.6) is 0 Å². The number of nitrogens with zero attached hydrogens (tertiary/aromatic N) is 2. The van der Waals surface area contributed by atoms with Crippen molar-refractivity contribution in [1.29, 1.82) is 0 Å². The van der Waals surface area contributed by atoms with E-state index >= 15 is 0 Å². The van der Waals surface area contributed by atoms with E-state index < -0.39 is 4.92 Å². The highest BCUT2D eigenvalue weighted by molar-refractivity contribution is 5.76. The summed E-state index contributed by atoms with van der Waals surface area (Å²) in [6, 6.07) is 6.21. The first-order valence-corrected chi connectivity index (χ1v) is 4.65. The number of nitrogens with two attached hydrogens (primary N) is 1. The molecule has 1 aromatic heterocycles. The number of hydrogen-bond acceptors (Lipinski definition) is 4. The number of H-pyrrole nitrogens is 1. The first-order valence-electron chi connectivity index (χ1n) is 4.65. The van der Waals surface area contributed by atoms with E-state index in [9.17, 15) is 10.1 Å². The van der Waals surface area contributed by atoms with E-state index in [0.717, 1.165) is 16.8 Å². The maximum atomic E-state index is 10.5. The Hall–Kier alpha value is -2.37. The van der Waals surface area contributed by atoms with E-state index in [4.69, 9.17) is 5.73 Å². The molecule has 0 saturated heterocycles. The van der Waals surface area contributed by atoms with Gasteiger partial charge in [-0.3, -0.25) is 15.2 Å². The van der Waals surface area contributed by atoms with Gasteiger partial charge in [0.15, 0.2) is 5.82 Å². The summed E-state index contributed by atoms with van der Waals surface area (Å²) in [6.45, 7) is 1.85. The van der Waals surface area contributed by atoms with Crippen LogP contribution in [0.3, 0.4) is 0 Å². The zero-order chi connectivity index (χ0) is 11.7. The van der Waals surface area contributed by atoms with Crippen LogP contribution in [0.4, 0.5) is 11.5 Å². The van der Waals surface area contributed by atoms with Crippen LogP contribution in [0.25, 0.3) is 11.1 Å². The molecule has 0 aliphatic heterocycles. The first kappa shape index (κ1) is 10.2. The van der Waals surface area contributed by atoms with Crippen LogP contribution in [0, 0.1) is 17.0 Å². The van der Waals surface area contributed by atoms with Gasteiger partial charge in [-0.25, -0.2) is 0 Å². The van der Waals surface area contributed by atoms with Crippen molar-refractivity contribution in [3.8, 4) is 11.1 Å².